The van der Waals surface area contributed by atoms with E-state index >= 15 is 0 Å². The molecule has 0 spiro atoms. The molecule has 0 saturated heterocycles. The van der Waals surface area contributed by atoms with E-state index in [2.05, 4.69) is 31.1 Å². The van der Waals surface area contributed by atoms with Gasteiger partial charge in [0.15, 0.2) is 0 Å². The lowest BCUT2D eigenvalue weighted by Crippen LogP contribution is -2.46. The normalized spacial score (nSPS) is 19.2. The van der Waals surface area contributed by atoms with Gasteiger partial charge in [-0.3, -0.25) is 0 Å². The van der Waals surface area contributed by atoms with Gasteiger partial charge in [-0.15, -0.1) is 0 Å². The van der Waals surface area contributed by atoms with Gasteiger partial charge >= 0.3 is 0 Å². The third kappa shape index (κ3) is 4.52. The molecule has 0 bridgehead atoms. The first kappa shape index (κ1) is 13.0. The topological polar surface area (TPSA) is 15.3 Å². The standard InChI is InChI=1S/C13H28N2/c1-4-7-12(14-10-5-2)11-15(3)13-8-6-9-13/h12-14H,4-11H2,1-3H3. The molecule has 1 rings (SSSR count). The first-order valence-corrected chi connectivity index (χ1v) is 6.71. The fourth-order valence-corrected chi connectivity index (χ4v) is 2.28. The zero-order valence-electron chi connectivity index (χ0n) is 10.8. The van der Waals surface area contributed by atoms with E-state index in [-0.39, 0.29) is 0 Å². The monoisotopic (exact) mass is 212 g/mol. The molecule has 90 valence electrons. The Morgan fingerprint density at radius 3 is 2.47 bits per heavy atom. The van der Waals surface area contributed by atoms with E-state index in [9.17, 15) is 0 Å². The number of hydrogen-bond donors (Lipinski definition) is 1. The second-order valence-corrected chi connectivity index (χ2v) is 4.96. The van der Waals surface area contributed by atoms with Crippen LogP contribution in [0.4, 0.5) is 0 Å². The highest BCUT2D eigenvalue weighted by Crippen LogP contribution is 2.23. The predicted octanol–water partition coefficient (Wildman–Crippen LogP) is 2.64. The number of likely N-dealkylation sites (N-methyl/N-ethyl adjacent to an activating group) is 1. The van der Waals surface area contributed by atoms with Gasteiger partial charge in [-0.1, -0.05) is 26.7 Å². The molecule has 1 atom stereocenters. The summed E-state index contributed by atoms with van der Waals surface area (Å²) >= 11 is 0. The van der Waals surface area contributed by atoms with Gasteiger partial charge in [-0.2, -0.15) is 0 Å². The lowest BCUT2D eigenvalue weighted by Gasteiger charge is -2.37. The van der Waals surface area contributed by atoms with Gasteiger partial charge in [-0.05, 0) is 39.3 Å². The zero-order valence-corrected chi connectivity index (χ0v) is 10.8. The SMILES string of the molecule is CCCNC(CCC)CN(C)C1CCC1. The third-order valence-corrected chi connectivity index (χ3v) is 3.53. The van der Waals surface area contributed by atoms with Gasteiger partial charge in [0.1, 0.15) is 0 Å². The lowest BCUT2D eigenvalue weighted by atomic mass is 9.91. The third-order valence-electron chi connectivity index (χ3n) is 3.53. The average Bonchev–Trinajstić information content (AvgIpc) is 2.11. The Bertz CT molecular complexity index is 155. The Morgan fingerprint density at radius 1 is 1.27 bits per heavy atom. The molecule has 1 saturated carbocycles. The van der Waals surface area contributed by atoms with Crippen LogP contribution < -0.4 is 5.32 Å². The van der Waals surface area contributed by atoms with Crippen molar-refractivity contribution in [3.05, 3.63) is 0 Å². The average molecular weight is 212 g/mol. The van der Waals surface area contributed by atoms with Crippen LogP contribution in [0, 0.1) is 0 Å². The summed E-state index contributed by atoms with van der Waals surface area (Å²) in [7, 11) is 2.29. The Kier molecular flexibility index (Phi) is 6.26. The molecular formula is C13H28N2. The molecule has 0 aromatic carbocycles. The maximum absolute atomic E-state index is 3.66. The molecule has 1 N–H and O–H groups in total. The molecule has 0 aliphatic heterocycles. The first-order valence-electron chi connectivity index (χ1n) is 6.71. The molecule has 2 nitrogen and oxygen atoms in total. The molecule has 0 amide bonds. The fourth-order valence-electron chi connectivity index (χ4n) is 2.28. The maximum atomic E-state index is 3.66. The van der Waals surface area contributed by atoms with Crippen LogP contribution in [0.2, 0.25) is 0 Å². The maximum Gasteiger partial charge on any atom is 0.0194 e. The molecule has 1 fully saturated rings. The van der Waals surface area contributed by atoms with Crippen LogP contribution in [0.5, 0.6) is 0 Å². The summed E-state index contributed by atoms with van der Waals surface area (Å²) in [6.07, 6.45) is 8.13. The minimum Gasteiger partial charge on any atom is -0.313 e. The Balaban J connectivity index is 2.21. The van der Waals surface area contributed by atoms with E-state index in [0.29, 0.717) is 6.04 Å². The van der Waals surface area contributed by atoms with Gasteiger partial charge in [0.2, 0.25) is 0 Å². The summed E-state index contributed by atoms with van der Waals surface area (Å²) in [5, 5.41) is 3.66. The van der Waals surface area contributed by atoms with Crippen molar-refractivity contribution in [3.63, 3.8) is 0 Å². The zero-order chi connectivity index (χ0) is 11.1. The smallest absolute Gasteiger partial charge is 0.0194 e. The number of hydrogen-bond acceptors (Lipinski definition) is 2. The Hall–Kier alpha value is -0.0800. The summed E-state index contributed by atoms with van der Waals surface area (Å²) in [5.41, 5.74) is 0. The van der Waals surface area contributed by atoms with Crippen LogP contribution in [-0.4, -0.2) is 37.1 Å². The van der Waals surface area contributed by atoms with E-state index in [1.54, 1.807) is 0 Å². The van der Waals surface area contributed by atoms with Crippen molar-refractivity contribution in [1.29, 1.82) is 0 Å². The predicted molar refractivity (Wildman–Crippen MR) is 67.3 cm³/mol. The molecular weight excluding hydrogens is 184 g/mol. The van der Waals surface area contributed by atoms with Crippen LogP contribution in [0.25, 0.3) is 0 Å². The van der Waals surface area contributed by atoms with Crippen LogP contribution in [-0.2, 0) is 0 Å². The largest absolute Gasteiger partial charge is 0.313 e. The van der Waals surface area contributed by atoms with Crippen molar-refractivity contribution < 1.29 is 0 Å². The lowest BCUT2D eigenvalue weighted by molar-refractivity contribution is 0.143. The summed E-state index contributed by atoms with van der Waals surface area (Å²) < 4.78 is 0. The number of nitrogens with one attached hydrogen (secondary N) is 1. The molecule has 0 aromatic rings. The van der Waals surface area contributed by atoms with Gasteiger partial charge in [0, 0.05) is 18.6 Å². The van der Waals surface area contributed by atoms with Crippen molar-refractivity contribution in [2.75, 3.05) is 20.1 Å². The molecule has 15 heavy (non-hydrogen) atoms. The van der Waals surface area contributed by atoms with Crippen molar-refractivity contribution >= 4 is 0 Å². The second kappa shape index (κ2) is 7.24. The minimum atomic E-state index is 0.709. The summed E-state index contributed by atoms with van der Waals surface area (Å²) in [4.78, 5) is 2.56. The summed E-state index contributed by atoms with van der Waals surface area (Å²) in [6, 6.07) is 1.59. The molecule has 2 heteroatoms. The second-order valence-electron chi connectivity index (χ2n) is 4.96. The number of rotatable bonds is 8. The Labute approximate surface area is 95.4 Å². The van der Waals surface area contributed by atoms with Crippen molar-refractivity contribution in [1.82, 2.24) is 10.2 Å². The highest BCUT2D eigenvalue weighted by molar-refractivity contribution is 4.81. The van der Waals surface area contributed by atoms with Gasteiger partial charge in [0.25, 0.3) is 0 Å². The Morgan fingerprint density at radius 2 is 2.00 bits per heavy atom. The molecule has 0 heterocycles. The van der Waals surface area contributed by atoms with Gasteiger partial charge in [-0.25, -0.2) is 0 Å². The summed E-state index contributed by atoms with van der Waals surface area (Å²) in [5.74, 6) is 0. The van der Waals surface area contributed by atoms with Crippen molar-refractivity contribution in [3.8, 4) is 0 Å². The van der Waals surface area contributed by atoms with E-state index < -0.39 is 0 Å². The van der Waals surface area contributed by atoms with Gasteiger partial charge in [0.05, 0.1) is 0 Å². The molecule has 1 unspecified atom stereocenters. The molecule has 0 radical (unpaired) electrons. The quantitative estimate of drug-likeness (QED) is 0.665. The molecule has 0 aromatic heterocycles. The van der Waals surface area contributed by atoms with E-state index in [1.165, 1.54) is 51.6 Å². The van der Waals surface area contributed by atoms with Crippen LogP contribution in [0.1, 0.15) is 52.4 Å². The van der Waals surface area contributed by atoms with Crippen molar-refractivity contribution in [2.45, 2.75) is 64.5 Å². The summed E-state index contributed by atoms with van der Waals surface area (Å²) in [6.45, 7) is 6.93. The van der Waals surface area contributed by atoms with E-state index in [4.69, 9.17) is 0 Å². The molecule has 1 aliphatic carbocycles. The molecule has 1 aliphatic rings. The minimum absolute atomic E-state index is 0.709. The van der Waals surface area contributed by atoms with Gasteiger partial charge < -0.3 is 10.2 Å². The van der Waals surface area contributed by atoms with Crippen LogP contribution >= 0.6 is 0 Å². The highest BCUT2D eigenvalue weighted by atomic mass is 15.2. The van der Waals surface area contributed by atoms with E-state index in [1.807, 2.05) is 0 Å². The number of nitrogens with zero attached hydrogens (tertiary/aromatic N) is 1. The van der Waals surface area contributed by atoms with Crippen LogP contribution in [0.3, 0.4) is 0 Å². The highest BCUT2D eigenvalue weighted by Gasteiger charge is 2.23. The first-order chi connectivity index (χ1) is 7.27. The van der Waals surface area contributed by atoms with E-state index in [0.717, 1.165) is 6.04 Å². The fraction of sp³-hybridized carbons (Fsp3) is 1.00. The van der Waals surface area contributed by atoms with Crippen molar-refractivity contribution in [2.24, 2.45) is 0 Å². The van der Waals surface area contributed by atoms with Crippen LogP contribution in [0.15, 0.2) is 0 Å².